The van der Waals surface area contributed by atoms with Crippen LogP contribution in [0.2, 0.25) is 0 Å². The van der Waals surface area contributed by atoms with Gasteiger partial charge in [-0.3, -0.25) is 4.79 Å². The number of halogens is 3. The number of H-pyrrole nitrogens is 1. The number of alkyl halides is 3. The third-order valence-electron chi connectivity index (χ3n) is 3.40. The molecule has 1 heterocycles. The number of hydrogen-bond acceptors (Lipinski definition) is 3. The van der Waals surface area contributed by atoms with Crippen molar-refractivity contribution in [1.29, 1.82) is 5.26 Å². The number of fused-ring (bicyclic) bond motifs is 1. The summed E-state index contributed by atoms with van der Waals surface area (Å²) in [6.07, 6.45) is -3.26. The fraction of sp³-hybridized carbons (Fsp3) is 0.0625. The predicted molar refractivity (Wildman–Crippen MR) is 80.2 cm³/mol. The van der Waals surface area contributed by atoms with Gasteiger partial charge in [0.15, 0.2) is 0 Å². The number of nitriles is 1. The van der Waals surface area contributed by atoms with Crippen molar-refractivity contribution in [3.05, 3.63) is 59.4 Å². The largest absolute Gasteiger partial charge is 0.417 e. The fourth-order valence-electron chi connectivity index (χ4n) is 2.30. The molecule has 1 amide bonds. The fourth-order valence-corrected chi connectivity index (χ4v) is 2.30. The number of carbonyl (C=O) groups is 1. The Balaban J connectivity index is 1.96. The quantitative estimate of drug-likeness (QED) is 0.751. The van der Waals surface area contributed by atoms with Crippen LogP contribution in [0.15, 0.2) is 42.7 Å². The number of aromatic nitrogens is 2. The molecule has 0 atom stereocenters. The molecular weight excluding hydrogens is 321 g/mol. The number of rotatable bonds is 2. The summed E-state index contributed by atoms with van der Waals surface area (Å²) in [5, 5.41) is 11.2. The molecule has 1 aromatic heterocycles. The molecule has 0 radical (unpaired) electrons. The summed E-state index contributed by atoms with van der Waals surface area (Å²) in [6, 6.07) is 9.37. The van der Waals surface area contributed by atoms with Gasteiger partial charge in [-0.25, -0.2) is 4.98 Å². The van der Waals surface area contributed by atoms with Crippen LogP contribution in [0.25, 0.3) is 11.0 Å². The Hall–Kier alpha value is -3.34. The van der Waals surface area contributed by atoms with Crippen LogP contribution in [0.5, 0.6) is 0 Å². The second-order valence-electron chi connectivity index (χ2n) is 4.93. The van der Waals surface area contributed by atoms with Gasteiger partial charge in [0.2, 0.25) is 0 Å². The number of benzene rings is 2. The number of para-hydroxylation sites is 1. The molecule has 0 spiro atoms. The lowest BCUT2D eigenvalue weighted by atomic mass is 10.1. The average molecular weight is 330 g/mol. The molecule has 0 saturated heterocycles. The summed E-state index contributed by atoms with van der Waals surface area (Å²) in [7, 11) is 0. The molecule has 0 aliphatic heterocycles. The summed E-state index contributed by atoms with van der Waals surface area (Å²) in [5.41, 5.74) is -0.376. The molecule has 5 nitrogen and oxygen atoms in total. The number of carbonyl (C=O) groups excluding carboxylic acids is 1. The Bertz CT molecular complexity index is 969. The lowest BCUT2D eigenvalue weighted by Crippen LogP contribution is -2.14. The molecule has 0 saturated carbocycles. The van der Waals surface area contributed by atoms with Crippen molar-refractivity contribution < 1.29 is 18.0 Å². The van der Waals surface area contributed by atoms with E-state index in [1.165, 1.54) is 24.5 Å². The summed E-state index contributed by atoms with van der Waals surface area (Å²) in [5.74, 6) is -0.592. The van der Waals surface area contributed by atoms with Crippen LogP contribution < -0.4 is 5.32 Å². The minimum Gasteiger partial charge on any atom is -0.345 e. The number of nitrogens with one attached hydrogen (secondary N) is 2. The normalized spacial score (nSPS) is 11.2. The molecule has 3 rings (SSSR count). The zero-order valence-corrected chi connectivity index (χ0v) is 12.0. The van der Waals surface area contributed by atoms with Crippen LogP contribution in [0.1, 0.15) is 21.5 Å². The Morgan fingerprint density at radius 1 is 1.25 bits per heavy atom. The van der Waals surface area contributed by atoms with E-state index in [0.29, 0.717) is 11.0 Å². The van der Waals surface area contributed by atoms with E-state index in [9.17, 15) is 18.0 Å². The van der Waals surface area contributed by atoms with E-state index in [1.807, 2.05) is 0 Å². The van der Waals surface area contributed by atoms with Gasteiger partial charge in [-0.1, -0.05) is 6.07 Å². The third-order valence-corrected chi connectivity index (χ3v) is 3.40. The summed E-state index contributed by atoms with van der Waals surface area (Å²) in [4.78, 5) is 19.2. The number of anilines is 1. The van der Waals surface area contributed by atoms with E-state index < -0.39 is 23.2 Å². The van der Waals surface area contributed by atoms with Gasteiger partial charge >= 0.3 is 6.18 Å². The van der Waals surface area contributed by atoms with Crippen molar-refractivity contribution in [2.75, 3.05) is 5.32 Å². The molecular formula is C16H9F3N4O. The molecule has 0 unspecified atom stereocenters. The lowest BCUT2D eigenvalue weighted by molar-refractivity contribution is -0.137. The van der Waals surface area contributed by atoms with Crippen LogP contribution in [-0.4, -0.2) is 15.9 Å². The highest BCUT2D eigenvalue weighted by Crippen LogP contribution is 2.33. The predicted octanol–water partition coefficient (Wildman–Crippen LogP) is 3.71. The standard InChI is InChI=1S/C16H9F3N4O/c17-16(18,19)12-6-10(5-4-9(12)7-20)23-15(24)11-2-1-3-13-14(11)22-8-21-13/h1-6,8H,(H,21,22)(H,23,24). The minimum absolute atomic E-state index is 0.0566. The van der Waals surface area contributed by atoms with E-state index in [0.717, 1.165) is 12.1 Å². The topological polar surface area (TPSA) is 81.6 Å². The van der Waals surface area contributed by atoms with Gasteiger partial charge in [-0.05, 0) is 30.3 Å². The molecule has 3 aromatic rings. The second-order valence-corrected chi connectivity index (χ2v) is 4.93. The monoisotopic (exact) mass is 330 g/mol. The summed E-state index contributed by atoms with van der Waals surface area (Å²) < 4.78 is 38.9. The number of imidazole rings is 1. The van der Waals surface area contributed by atoms with Crippen molar-refractivity contribution in [3.8, 4) is 6.07 Å². The van der Waals surface area contributed by atoms with Crippen molar-refractivity contribution in [2.45, 2.75) is 6.18 Å². The third kappa shape index (κ3) is 2.79. The maximum atomic E-state index is 13.0. The maximum absolute atomic E-state index is 13.0. The second kappa shape index (κ2) is 5.70. The van der Waals surface area contributed by atoms with Crippen molar-refractivity contribution in [2.24, 2.45) is 0 Å². The van der Waals surface area contributed by atoms with Crippen LogP contribution in [0.3, 0.4) is 0 Å². The minimum atomic E-state index is -4.69. The number of hydrogen-bond donors (Lipinski definition) is 2. The van der Waals surface area contributed by atoms with E-state index in [-0.39, 0.29) is 11.3 Å². The first kappa shape index (κ1) is 15.6. The maximum Gasteiger partial charge on any atom is 0.417 e. The van der Waals surface area contributed by atoms with Gasteiger partial charge in [0, 0.05) is 5.69 Å². The Labute approximate surface area is 133 Å². The molecule has 0 bridgehead atoms. The average Bonchev–Trinajstić information content (AvgIpc) is 3.02. The van der Waals surface area contributed by atoms with E-state index >= 15 is 0 Å². The highest BCUT2D eigenvalue weighted by atomic mass is 19.4. The van der Waals surface area contributed by atoms with Gasteiger partial charge in [-0.15, -0.1) is 0 Å². The van der Waals surface area contributed by atoms with E-state index in [4.69, 9.17) is 5.26 Å². The zero-order valence-electron chi connectivity index (χ0n) is 12.0. The Kier molecular flexibility index (Phi) is 3.69. The van der Waals surface area contributed by atoms with Gasteiger partial charge in [-0.2, -0.15) is 18.4 Å². The van der Waals surface area contributed by atoms with E-state index in [2.05, 4.69) is 15.3 Å². The van der Waals surface area contributed by atoms with Gasteiger partial charge < -0.3 is 10.3 Å². The Morgan fingerprint density at radius 2 is 2.04 bits per heavy atom. The molecule has 120 valence electrons. The van der Waals surface area contributed by atoms with Crippen molar-refractivity contribution in [3.63, 3.8) is 0 Å². The molecule has 8 heteroatoms. The zero-order chi connectivity index (χ0) is 17.3. The van der Waals surface area contributed by atoms with Crippen molar-refractivity contribution in [1.82, 2.24) is 9.97 Å². The van der Waals surface area contributed by atoms with Gasteiger partial charge in [0.05, 0.1) is 34.6 Å². The molecule has 2 aromatic carbocycles. The number of nitrogens with zero attached hydrogens (tertiary/aromatic N) is 2. The first-order chi connectivity index (χ1) is 11.4. The first-order valence-corrected chi connectivity index (χ1v) is 6.75. The molecule has 24 heavy (non-hydrogen) atoms. The molecule has 0 aliphatic carbocycles. The van der Waals surface area contributed by atoms with Crippen molar-refractivity contribution >= 4 is 22.6 Å². The highest BCUT2D eigenvalue weighted by molar-refractivity contribution is 6.11. The number of amides is 1. The molecule has 0 fully saturated rings. The van der Waals surface area contributed by atoms with Crippen LogP contribution >= 0.6 is 0 Å². The molecule has 2 N–H and O–H groups in total. The van der Waals surface area contributed by atoms with Gasteiger partial charge in [0.1, 0.15) is 5.52 Å². The van der Waals surface area contributed by atoms with Crippen LogP contribution in [-0.2, 0) is 6.18 Å². The Morgan fingerprint density at radius 3 is 2.75 bits per heavy atom. The lowest BCUT2D eigenvalue weighted by Gasteiger charge is -2.12. The number of aromatic amines is 1. The van der Waals surface area contributed by atoms with Crippen LogP contribution in [0, 0.1) is 11.3 Å². The summed E-state index contributed by atoms with van der Waals surface area (Å²) in [6.45, 7) is 0. The van der Waals surface area contributed by atoms with E-state index in [1.54, 1.807) is 12.1 Å². The van der Waals surface area contributed by atoms with Crippen LogP contribution in [0.4, 0.5) is 18.9 Å². The summed E-state index contributed by atoms with van der Waals surface area (Å²) >= 11 is 0. The molecule has 0 aliphatic rings. The smallest absolute Gasteiger partial charge is 0.345 e. The first-order valence-electron chi connectivity index (χ1n) is 6.75. The highest BCUT2D eigenvalue weighted by Gasteiger charge is 2.34. The van der Waals surface area contributed by atoms with Gasteiger partial charge in [0.25, 0.3) is 5.91 Å². The SMILES string of the molecule is N#Cc1ccc(NC(=O)c2cccc3[nH]cnc23)cc1C(F)(F)F.